The van der Waals surface area contributed by atoms with Gasteiger partial charge >= 0.3 is 6.09 Å². The third kappa shape index (κ3) is 3.35. The molecule has 1 N–H and O–H groups in total. The minimum Gasteiger partial charge on any atom is -0.444 e. The topological polar surface area (TPSA) is 59.0 Å². The number of methoxy groups -OCH3 is 1. The predicted molar refractivity (Wildman–Crippen MR) is 59.0 cm³/mol. The molecule has 94 valence electrons. The van der Waals surface area contributed by atoms with Gasteiger partial charge in [-0.05, 0) is 33.6 Å². The van der Waals surface area contributed by atoms with Crippen LogP contribution in [0.25, 0.3) is 0 Å². The maximum Gasteiger partial charge on any atom is 0.410 e. The molecular weight excluding hydrogens is 210 g/mol. The Hall–Kier alpha value is -0.810. The first-order valence-electron chi connectivity index (χ1n) is 5.55. The van der Waals surface area contributed by atoms with Crippen LogP contribution in [0.3, 0.4) is 0 Å². The molecule has 0 aromatic carbocycles. The summed E-state index contributed by atoms with van der Waals surface area (Å²) < 4.78 is 10.1. The lowest BCUT2D eigenvalue weighted by molar-refractivity contribution is -0.116. The normalized spacial score (nSPS) is 23.3. The smallest absolute Gasteiger partial charge is 0.410 e. The van der Waals surface area contributed by atoms with E-state index in [0.717, 1.165) is 12.8 Å². The number of aliphatic hydroxyl groups is 1. The third-order valence-electron chi connectivity index (χ3n) is 2.50. The number of amides is 1. The van der Waals surface area contributed by atoms with Crippen molar-refractivity contribution in [3.63, 3.8) is 0 Å². The van der Waals surface area contributed by atoms with Gasteiger partial charge in [-0.1, -0.05) is 0 Å². The molecule has 0 aromatic heterocycles. The first kappa shape index (κ1) is 13.3. The Morgan fingerprint density at radius 3 is 2.62 bits per heavy atom. The summed E-state index contributed by atoms with van der Waals surface area (Å²) in [6.07, 6.45) is 0.291. The van der Waals surface area contributed by atoms with E-state index < -0.39 is 11.9 Å². The van der Waals surface area contributed by atoms with E-state index in [2.05, 4.69) is 0 Å². The highest BCUT2D eigenvalue weighted by molar-refractivity contribution is 5.69. The lowest BCUT2D eigenvalue weighted by Crippen LogP contribution is -2.45. The van der Waals surface area contributed by atoms with Gasteiger partial charge in [0.25, 0.3) is 0 Å². The van der Waals surface area contributed by atoms with Crippen LogP contribution in [0.2, 0.25) is 0 Å². The highest BCUT2D eigenvalue weighted by Gasteiger charge is 2.36. The van der Waals surface area contributed by atoms with Gasteiger partial charge in [-0.3, -0.25) is 0 Å². The number of rotatable bonds is 2. The van der Waals surface area contributed by atoms with E-state index in [1.165, 1.54) is 7.11 Å². The van der Waals surface area contributed by atoms with E-state index in [9.17, 15) is 9.90 Å². The Morgan fingerprint density at radius 1 is 1.50 bits per heavy atom. The van der Waals surface area contributed by atoms with E-state index in [-0.39, 0.29) is 12.1 Å². The summed E-state index contributed by atoms with van der Waals surface area (Å²) in [7, 11) is 1.43. The number of carbonyl (C=O) groups is 1. The van der Waals surface area contributed by atoms with Crippen molar-refractivity contribution in [2.24, 2.45) is 0 Å². The number of aliphatic hydroxyl groups excluding tert-OH is 1. The monoisotopic (exact) mass is 231 g/mol. The van der Waals surface area contributed by atoms with Crippen LogP contribution in [0.5, 0.6) is 0 Å². The summed E-state index contributed by atoms with van der Waals surface area (Å²) >= 11 is 0. The second-order valence-electron chi connectivity index (χ2n) is 5.01. The van der Waals surface area contributed by atoms with Gasteiger partial charge in [-0.25, -0.2) is 4.79 Å². The first-order chi connectivity index (χ1) is 7.35. The van der Waals surface area contributed by atoms with Gasteiger partial charge in [0.05, 0.1) is 6.04 Å². The maximum atomic E-state index is 11.8. The Labute approximate surface area is 96.3 Å². The molecule has 0 spiro atoms. The molecule has 1 fully saturated rings. The van der Waals surface area contributed by atoms with Gasteiger partial charge in [0.1, 0.15) is 5.60 Å². The number of carbonyl (C=O) groups excluding carboxylic acids is 1. The lowest BCUT2D eigenvalue weighted by Gasteiger charge is -2.30. The molecule has 2 atom stereocenters. The van der Waals surface area contributed by atoms with E-state index in [1.807, 2.05) is 20.8 Å². The predicted octanol–water partition coefficient (Wildman–Crippen LogP) is 1.35. The molecule has 1 rings (SSSR count). The number of ether oxygens (including phenoxy) is 2. The second kappa shape index (κ2) is 5.01. The number of nitrogens with zero attached hydrogens (tertiary/aromatic N) is 1. The molecule has 1 aliphatic heterocycles. The summed E-state index contributed by atoms with van der Waals surface area (Å²) in [5.74, 6) is 0. The van der Waals surface area contributed by atoms with Crippen LogP contribution >= 0.6 is 0 Å². The Kier molecular flexibility index (Phi) is 4.15. The summed E-state index contributed by atoms with van der Waals surface area (Å²) in [6, 6.07) is -0.292. The van der Waals surface area contributed by atoms with Crippen LogP contribution < -0.4 is 0 Å². The summed E-state index contributed by atoms with van der Waals surface area (Å²) in [5.41, 5.74) is -0.512. The van der Waals surface area contributed by atoms with Crippen molar-refractivity contribution >= 4 is 6.09 Å². The molecule has 5 heteroatoms. The molecule has 1 aliphatic rings. The molecule has 1 heterocycles. The molecular formula is C11H21NO4. The van der Waals surface area contributed by atoms with Crippen molar-refractivity contribution in [3.05, 3.63) is 0 Å². The summed E-state index contributed by atoms with van der Waals surface area (Å²) in [6.45, 7) is 6.08. The standard InChI is InChI=1S/C11H21NO4/c1-11(2,3)16-10(14)12-7-5-6-8(12)9(13)15-4/h8-9,13H,5-7H2,1-4H3/t8-,9?/m0/s1. The highest BCUT2D eigenvalue weighted by Crippen LogP contribution is 2.23. The van der Waals surface area contributed by atoms with Crippen LogP contribution in [0, 0.1) is 0 Å². The average Bonchev–Trinajstić information content (AvgIpc) is 2.62. The Bertz CT molecular complexity index is 249. The molecule has 1 unspecified atom stereocenters. The van der Waals surface area contributed by atoms with Gasteiger partial charge in [0, 0.05) is 13.7 Å². The highest BCUT2D eigenvalue weighted by atomic mass is 16.6. The van der Waals surface area contributed by atoms with Gasteiger partial charge in [0.2, 0.25) is 0 Å². The second-order valence-corrected chi connectivity index (χ2v) is 5.01. The number of likely N-dealkylation sites (tertiary alicyclic amines) is 1. The fraction of sp³-hybridized carbons (Fsp3) is 0.909. The molecule has 0 bridgehead atoms. The van der Waals surface area contributed by atoms with Crippen LogP contribution in [-0.4, -0.2) is 47.7 Å². The maximum absolute atomic E-state index is 11.8. The van der Waals surface area contributed by atoms with E-state index >= 15 is 0 Å². The molecule has 5 nitrogen and oxygen atoms in total. The molecule has 1 saturated heterocycles. The van der Waals surface area contributed by atoms with Crippen molar-refractivity contribution in [1.29, 1.82) is 0 Å². The van der Waals surface area contributed by atoms with Crippen LogP contribution in [0.4, 0.5) is 4.79 Å². The van der Waals surface area contributed by atoms with E-state index in [4.69, 9.17) is 9.47 Å². The van der Waals surface area contributed by atoms with Crippen molar-refractivity contribution in [3.8, 4) is 0 Å². The molecule has 0 aliphatic carbocycles. The molecule has 16 heavy (non-hydrogen) atoms. The fourth-order valence-electron chi connectivity index (χ4n) is 1.79. The largest absolute Gasteiger partial charge is 0.444 e. The minimum atomic E-state index is -0.935. The minimum absolute atomic E-state index is 0.292. The molecule has 1 amide bonds. The van der Waals surface area contributed by atoms with Crippen LogP contribution in [0.1, 0.15) is 33.6 Å². The Balaban J connectivity index is 2.61. The number of hydrogen-bond acceptors (Lipinski definition) is 4. The number of hydrogen-bond donors (Lipinski definition) is 1. The summed E-state index contributed by atoms with van der Waals surface area (Å²) in [4.78, 5) is 13.4. The van der Waals surface area contributed by atoms with Gasteiger partial charge in [-0.15, -0.1) is 0 Å². The van der Waals surface area contributed by atoms with Crippen molar-refractivity contribution in [2.45, 2.75) is 51.5 Å². The fourth-order valence-corrected chi connectivity index (χ4v) is 1.79. The first-order valence-corrected chi connectivity index (χ1v) is 5.55. The molecule has 0 saturated carbocycles. The zero-order valence-corrected chi connectivity index (χ0v) is 10.4. The third-order valence-corrected chi connectivity index (χ3v) is 2.50. The Morgan fingerprint density at radius 2 is 2.12 bits per heavy atom. The van der Waals surface area contributed by atoms with Crippen molar-refractivity contribution in [1.82, 2.24) is 4.90 Å². The van der Waals surface area contributed by atoms with Gasteiger partial charge < -0.3 is 19.5 Å². The summed E-state index contributed by atoms with van der Waals surface area (Å²) in [5, 5.41) is 9.60. The van der Waals surface area contributed by atoms with Gasteiger partial charge in [0.15, 0.2) is 6.29 Å². The van der Waals surface area contributed by atoms with E-state index in [1.54, 1.807) is 4.90 Å². The average molecular weight is 231 g/mol. The lowest BCUT2D eigenvalue weighted by atomic mass is 10.2. The van der Waals surface area contributed by atoms with Crippen LogP contribution in [0.15, 0.2) is 0 Å². The van der Waals surface area contributed by atoms with E-state index in [0.29, 0.717) is 6.54 Å². The zero-order chi connectivity index (χ0) is 12.3. The van der Waals surface area contributed by atoms with Crippen LogP contribution in [-0.2, 0) is 9.47 Å². The zero-order valence-electron chi connectivity index (χ0n) is 10.4. The van der Waals surface area contributed by atoms with Gasteiger partial charge in [-0.2, -0.15) is 0 Å². The van der Waals surface area contributed by atoms with Crippen molar-refractivity contribution in [2.75, 3.05) is 13.7 Å². The van der Waals surface area contributed by atoms with Crippen molar-refractivity contribution < 1.29 is 19.4 Å². The quantitative estimate of drug-likeness (QED) is 0.729. The SMILES string of the molecule is COC(O)[C@@H]1CCCN1C(=O)OC(C)(C)C. The molecule has 0 radical (unpaired) electrons. The molecule has 0 aromatic rings.